The van der Waals surface area contributed by atoms with Crippen LogP contribution in [-0.4, -0.2) is 18.5 Å². The number of nitrogens with two attached hydrogens (primary N) is 1. The molecule has 0 aromatic heterocycles. The van der Waals surface area contributed by atoms with Gasteiger partial charge in [0.1, 0.15) is 0 Å². The predicted molar refractivity (Wildman–Crippen MR) is 64.7 cm³/mol. The van der Waals surface area contributed by atoms with Gasteiger partial charge in [-0.05, 0) is 26.2 Å². The highest BCUT2D eigenvalue weighted by atomic mass is 16.1. The van der Waals surface area contributed by atoms with Gasteiger partial charge in [-0.2, -0.15) is 0 Å². The van der Waals surface area contributed by atoms with E-state index in [0.29, 0.717) is 6.42 Å². The maximum absolute atomic E-state index is 11.3. The molecule has 0 aliphatic heterocycles. The fraction of sp³-hybridized carbons (Fsp3) is 0.917. The fourth-order valence-electron chi connectivity index (χ4n) is 1.45. The van der Waals surface area contributed by atoms with Gasteiger partial charge in [-0.3, -0.25) is 4.79 Å². The molecular weight excluding hydrogens is 188 g/mol. The second kappa shape index (κ2) is 9.97. The molecule has 0 rings (SSSR count). The molecule has 0 aromatic rings. The molecule has 0 bridgehead atoms. The summed E-state index contributed by atoms with van der Waals surface area (Å²) >= 11 is 0. The highest BCUT2D eigenvalue weighted by Crippen LogP contribution is 2.02. The summed E-state index contributed by atoms with van der Waals surface area (Å²) in [6.45, 7) is 4.94. The summed E-state index contributed by atoms with van der Waals surface area (Å²) in [6.07, 6.45) is 7.29. The van der Waals surface area contributed by atoms with Crippen molar-refractivity contribution in [3.05, 3.63) is 0 Å². The summed E-state index contributed by atoms with van der Waals surface area (Å²) in [5.41, 5.74) is 5.61. The van der Waals surface area contributed by atoms with Gasteiger partial charge >= 0.3 is 0 Å². The number of carbonyl (C=O) groups excluding carboxylic acids is 1. The molecule has 1 amide bonds. The number of unbranched alkanes of at least 4 members (excludes halogenated alkanes) is 3. The van der Waals surface area contributed by atoms with Gasteiger partial charge < -0.3 is 11.1 Å². The highest BCUT2D eigenvalue weighted by molar-refractivity contribution is 5.75. The van der Waals surface area contributed by atoms with Crippen LogP contribution < -0.4 is 11.1 Å². The highest BCUT2D eigenvalue weighted by Gasteiger charge is 2.00. The van der Waals surface area contributed by atoms with Crippen molar-refractivity contribution in [2.45, 2.75) is 64.8 Å². The Kier molecular flexibility index (Phi) is 9.59. The van der Waals surface area contributed by atoms with Crippen molar-refractivity contribution in [3.8, 4) is 0 Å². The van der Waals surface area contributed by atoms with E-state index in [1.54, 1.807) is 0 Å². The predicted octanol–water partition coefficient (Wildman–Crippen LogP) is 2.20. The van der Waals surface area contributed by atoms with Crippen LogP contribution in [0.1, 0.15) is 58.8 Å². The van der Waals surface area contributed by atoms with Crippen LogP contribution in [0.25, 0.3) is 0 Å². The van der Waals surface area contributed by atoms with Crippen LogP contribution in [0.5, 0.6) is 0 Å². The molecule has 1 unspecified atom stereocenters. The average Bonchev–Trinajstić information content (AvgIpc) is 2.19. The molecule has 0 heterocycles. The van der Waals surface area contributed by atoms with Crippen molar-refractivity contribution in [1.82, 2.24) is 5.32 Å². The average molecular weight is 214 g/mol. The molecular formula is C12H26N2O. The van der Waals surface area contributed by atoms with E-state index in [-0.39, 0.29) is 11.9 Å². The quantitative estimate of drug-likeness (QED) is 0.578. The molecule has 0 fully saturated rings. The lowest BCUT2D eigenvalue weighted by atomic mass is 10.1. The zero-order chi connectivity index (χ0) is 11.5. The van der Waals surface area contributed by atoms with Crippen molar-refractivity contribution < 1.29 is 4.79 Å². The molecule has 0 radical (unpaired) electrons. The summed E-state index contributed by atoms with van der Waals surface area (Å²) < 4.78 is 0. The minimum Gasteiger partial charge on any atom is -0.356 e. The van der Waals surface area contributed by atoms with Gasteiger partial charge in [0.15, 0.2) is 0 Å². The molecule has 0 aliphatic carbocycles. The van der Waals surface area contributed by atoms with Crippen molar-refractivity contribution in [1.29, 1.82) is 0 Å². The Morgan fingerprint density at radius 3 is 2.60 bits per heavy atom. The summed E-state index contributed by atoms with van der Waals surface area (Å²) in [5, 5.41) is 2.92. The van der Waals surface area contributed by atoms with Crippen molar-refractivity contribution in [2.75, 3.05) is 6.54 Å². The third kappa shape index (κ3) is 11.4. The summed E-state index contributed by atoms with van der Waals surface area (Å²) in [6, 6.07) is 0.242. The van der Waals surface area contributed by atoms with Gasteiger partial charge in [-0.15, -0.1) is 0 Å². The second-order valence-electron chi connectivity index (χ2n) is 4.28. The maximum atomic E-state index is 11.3. The standard InChI is InChI=1S/C12H26N2O/c1-3-4-5-6-9-12(15)14-10-7-8-11(2)13/h11H,3-10,13H2,1-2H3,(H,14,15). The normalized spacial score (nSPS) is 12.5. The van der Waals surface area contributed by atoms with Crippen LogP contribution >= 0.6 is 0 Å². The van der Waals surface area contributed by atoms with E-state index in [4.69, 9.17) is 5.73 Å². The van der Waals surface area contributed by atoms with E-state index in [2.05, 4.69) is 12.2 Å². The second-order valence-corrected chi connectivity index (χ2v) is 4.28. The first-order chi connectivity index (χ1) is 7.16. The monoisotopic (exact) mass is 214 g/mol. The van der Waals surface area contributed by atoms with E-state index in [1.165, 1.54) is 19.3 Å². The molecule has 15 heavy (non-hydrogen) atoms. The lowest BCUT2D eigenvalue weighted by molar-refractivity contribution is -0.121. The van der Waals surface area contributed by atoms with E-state index < -0.39 is 0 Å². The van der Waals surface area contributed by atoms with Crippen LogP contribution in [-0.2, 0) is 4.79 Å². The Labute approximate surface area is 93.8 Å². The number of rotatable bonds is 9. The number of amides is 1. The van der Waals surface area contributed by atoms with Gasteiger partial charge in [0, 0.05) is 19.0 Å². The first-order valence-electron chi connectivity index (χ1n) is 6.19. The third-order valence-electron chi connectivity index (χ3n) is 2.42. The number of carbonyl (C=O) groups is 1. The molecule has 0 spiro atoms. The molecule has 3 heteroatoms. The minimum atomic E-state index is 0.191. The summed E-state index contributed by atoms with van der Waals surface area (Å²) in [4.78, 5) is 11.3. The molecule has 3 N–H and O–H groups in total. The zero-order valence-electron chi connectivity index (χ0n) is 10.2. The maximum Gasteiger partial charge on any atom is 0.219 e. The van der Waals surface area contributed by atoms with Gasteiger partial charge in [-0.25, -0.2) is 0 Å². The van der Waals surface area contributed by atoms with E-state index in [1.807, 2.05) is 6.92 Å². The van der Waals surface area contributed by atoms with Gasteiger partial charge in [0.05, 0.1) is 0 Å². The van der Waals surface area contributed by atoms with Crippen LogP contribution in [0.4, 0.5) is 0 Å². The first kappa shape index (κ1) is 14.4. The van der Waals surface area contributed by atoms with Crippen LogP contribution in [0.2, 0.25) is 0 Å². The fourth-order valence-corrected chi connectivity index (χ4v) is 1.45. The topological polar surface area (TPSA) is 55.1 Å². The molecule has 0 aromatic carbocycles. The Morgan fingerprint density at radius 2 is 2.00 bits per heavy atom. The van der Waals surface area contributed by atoms with E-state index in [9.17, 15) is 4.79 Å². The Balaban J connectivity index is 3.19. The molecule has 0 saturated carbocycles. The largest absolute Gasteiger partial charge is 0.356 e. The molecule has 1 atom stereocenters. The molecule has 0 aliphatic rings. The molecule has 3 nitrogen and oxygen atoms in total. The lowest BCUT2D eigenvalue weighted by Crippen LogP contribution is -2.25. The van der Waals surface area contributed by atoms with Gasteiger partial charge in [0.25, 0.3) is 0 Å². The van der Waals surface area contributed by atoms with Crippen LogP contribution in [0, 0.1) is 0 Å². The van der Waals surface area contributed by atoms with Crippen molar-refractivity contribution >= 4 is 5.91 Å². The minimum absolute atomic E-state index is 0.191. The van der Waals surface area contributed by atoms with Crippen LogP contribution in [0.3, 0.4) is 0 Å². The number of hydrogen-bond donors (Lipinski definition) is 2. The molecule has 0 saturated heterocycles. The Hall–Kier alpha value is -0.570. The number of nitrogens with one attached hydrogen (secondary N) is 1. The smallest absolute Gasteiger partial charge is 0.219 e. The van der Waals surface area contributed by atoms with E-state index in [0.717, 1.165) is 25.8 Å². The third-order valence-corrected chi connectivity index (χ3v) is 2.42. The molecule has 90 valence electrons. The number of hydrogen-bond acceptors (Lipinski definition) is 2. The summed E-state index contributed by atoms with van der Waals surface area (Å²) in [5.74, 6) is 0.191. The Bertz CT molecular complexity index is 158. The zero-order valence-corrected chi connectivity index (χ0v) is 10.2. The van der Waals surface area contributed by atoms with Crippen LogP contribution in [0.15, 0.2) is 0 Å². The van der Waals surface area contributed by atoms with E-state index >= 15 is 0 Å². The summed E-state index contributed by atoms with van der Waals surface area (Å²) in [7, 11) is 0. The van der Waals surface area contributed by atoms with Crippen molar-refractivity contribution in [3.63, 3.8) is 0 Å². The SMILES string of the molecule is CCCCCCC(=O)NCCCC(C)N. The Morgan fingerprint density at radius 1 is 1.27 bits per heavy atom. The lowest BCUT2D eigenvalue weighted by Gasteiger charge is -2.06. The van der Waals surface area contributed by atoms with Crippen molar-refractivity contribution in [2.24, 2.45) is 5.73 Å². The first-order valence-corrected chi connectivity index (χ1v) is 6.19. The van der Waals surface area contributed by atoms with Gasteiger partial charge in [-0.1, -0.05) is 26.2 Å². The van der Waals surface area contributed by atoms with Gasteiger partial charge in [0.2, 0.25) is 5.91 Å².